The van der Waals surface area contributed by atoms with Crippen molar-refractivity contribution in [1.29, 1.82) is 0 Å². The summed E-state index contributed by atoms with van der Waals surface area (Å²) in [6, 6.07) is 5.41. The van der Waals surface area contributed by atoms with Gasteiger partial charge in [0.1, 0.15) is 0 Å². The molecule has 0 fully saturated rings. The van der Waals surface area contributed by atoms with Crippen LogP contribution in [0.25, 0.3) is 0 Å². The SMILES string of the molecule is CN1C(=O)Cc2cc(C(C)(CCN)C(=O)O)ccc21. The van der Waals surface area contributed by atoms with Crippen LogP contribution in [0.3, 0.4) is 0 Å². The molecular weight excluding hydrogens is 244 g/mol. The standard InChI is InChI=1S/C14H18N2O3/c1-14(5-6-15,13(18)19)10-3-4-11-9(7-10)8-12(17)16(11)2/h3-4,7H,5-6,8,15H2,1-2H3,(H,18,19). The molecular formula is C14H18N2O3. The largest absolute Gasteiger partial charge is 0.481 e. The van der Waals surface area contributed by atoms with Crippen LogP contribution in [0.2, 0.25) is 0 Å². The van der Waals surface area contributed by atoms with Crippen LogP contribution < -0.4 is 10.6 Å². The zero-order valence-corrected chi connectivity index (χ0v) is 11.1. The van der Waals surface area contributed by atoms with Crippen LogP contribution in [-0.4, -0.2) is 30.6 Å². The van der Waals surface area contributed by atoms with E-state index >= 15 is 0 Å². The summed E-state index contributed by atoms with van der Waals surface area (Å²) >= 11 is 0. The average molecular weight is 262 g/mol. The number of carbonyl (C=O) groups is 2. The number of carbonyl (C=O) groups excluding carboxylic acids is 1. The van der Waals surface area contributed by atoms with Gasteiger partial charge in [0.25, 0.3) is 0 Å². The zero-order valence-electron chi connectivity index (χ0n) is 11.1. The van der Waals surface area contributed by atoms with Gasteiger partial charge in [-0.3, -0.25) is 9.59 Å². The van der Waals surface area contributed by atoms with E-state index in [9.17, 15) is 14.7 Å². The molecule has 19 heavy (non-hydrogen) atoms. The first-order valence-corrected chi connectivity index (χ1v) is 6.23. The Balaban J connectivity index is 2.45. The van der Waals surface area contributed by atoms with Crippen LogP contribution in [0.15, 0.2) is 18.2 Å². The molecule has 0 aromatic heterocycles. The highest BCUT2D eigenvalue weighted by Crippen LogP contribution is 2.34. The van der Waals surface area contributed by atoms with Gasteiger partial charge in [-0.25, -0.2) is 0 Å². The number of amides is 1. The van der Waals surface area contributed by atoms with Crippen LogP contribution in [0, 0.1) is 0 Å². The molecule has 102 valence electrons. The van der Waals surface area contributed by atoms with Crippen LogP contribution in [-0.2, 0) is 21.4 Å². The molecule has 1 unspecified atom stereocenters. The molecule has 1 atom stereocenters. The second-order valence-corrected chi connectivity index (χ2v) is 5.15. The number of nitrogens with two attached hydrogens (primary N) is 1. The number of rotatable bonds is 4. The molecule has 0 saturated carbocycles. The quantitative estimate of drug-likeness (QED) is 0.844. The summed E-state index contributed by atoms with van der Waals surface area (Å²) in [5.74, 6) is -0.862. The number of hydrogen-bond acceptors (Lipinski definition) is 3. The molecule has 1 aromatic rings. The Labute approximate surface area is 112 Å². The monoisotopic (exact) mass is 262 g/mol. The smallest absolute Gasteiger partial charge is 0.313 e. The predicted octanol–water partition coefficient (Wildman–Crippen LogP) is 0.897. The van der Waals surface area contributed by atoms with Crippen molar-refractivity contribution in [2.24, 2.45) is 5.73 Å². The van der Waals surface area contributed by atoms with Crippen molar-refractivity contribution in [3.05, 3.63) is 29.3 Å². The van der Waals surface area contributed by atoms with E-state index in [1.54, 1.807) is 24.9 Å². The number of carboxylic acids is 1. The summed E-state index contributed by atoms with van der Waals surface area (Å²) in [4.78, 5) is 24.7. The van der Waals surface area contributed by atoms with E-state index in [0.29, 0.717) is 24.9 Å². The maximum atomic E-state index is 11.6. The van der Waals surface area contributed by atoms with E-state index in [-0.39, 0.29) is 5.91 Å². The zero-order chi connectivity index (χ0) is 14.2. The number of carboxylic acid groups (broad SMARTS) is 1. The lowest BCUT2D eigenvalue weighted by atomic mass is 9.79. The van der Waals surface area contributed by atoms with E-state index in [1.165, 1.54) is 0 Å². The molecule has 0 saturated heterocycles. The van der Waals surface area contributed by atoms with E-state index in [4.69, 9.17) is 5.73 Å². The Morgan fingerprint density at radius 1 is 1.53 bits per heavy atom. The van der Waals surface area contributed by atoms with Gasteiger partial charge in [-0.1, -0.05) is 12.1 Å². The Kier molecular flexibility index (Phi) is 3.32. The fourth-order valence-electron chi connectivity index (χ4n) is 2.48. The number of nitrogens with zero attached hydrogens (tertiary/aromatic N) is 1. The van der Waals surface area contributed by atoms with Crippen LogP contribution in [0.4, 0.5) is 5.69 Å². The molecule has 3 N–H and O–H groups in total. The van der Waals surface area contributed by atoms with Gasteiger partial charge < -0.3 is 15.7 Å². The van der Waals surface area contributed by atoms with Crippen molar-refractivity contribution in [1.82, 2.24) is 0 Å². The Morgan fingerprint density at radius 2 is 2.21 bits per heavy atom. The van der Waals surface area contributed by atoms with E-state index in [2.05, 4.69) is 0 Å². The summed E-state index contributed by atoms with van der Waals surface area (Å²) in [7, 11) is 1.73. The summed E-state index contributed by atoms with van der Waals surface area (Å²) in [5, 5.41) is 9.44. The minimum absolute atomic E-state index is 0.0306. The number of fused-ring (bicyclic) bond motifs is 1. The number of hydrogen-bond donors (Lipinski definition) is 2. The Hall–Kier alpha value is -1.88. The van der Waals surface area contributed by atoms with Gasteiger partial charge >= 0.3 is 5.97 Å². The maximum absolute atomic E-state index is 11.6. The predicted molar refractivity (Wildman–Crippen MR) is 72.2 cm³/mol. The van der Waals surface area contributed by atoms with Crippen molar-refractivity contribution in [2.75, 3.05) is 18.5 Å². The van der Waals surface area contributed by atoms with Crippen LogP contribution >= 0.6 is 0 Å². The first-order valence-electron chi connectivity index (χ1n) is 6.23. The van der Waals surface area contributed by atoms with E-state index in [1.807, 2.05) is 12.1 Å². The minimum Gasteiger partial charge on any atom is -0.481 e. The highest BCUT2D eigenvalue weighted by Gasteiger charge is 2.36. The molecule has 1 aromatic carbocycles. The van der Waals surface area contributed by atoms with E-state index < -0.39 is 11.4 Å². The molecule has 0 spiro atoms. The number of likely N-dealkylation sites (N-methyl/N-ethyl adjacent to an activating group) is 1. The lowest BCUT2D eigenvalue weighted by Crippen LogP contribution is -2.34. The highest BCUT2D eigenvalue weighted by molar-refractivity contribution is 6.01. The minimum atomic E-state index is -1.01. The third-order valence-electron chi connectivity index (χ3n) is 3.91. The Morgan fingerprint density at radius 3 is 2.79 bits per heavy atom. The third-order valence-corrected chi connectivity index (χ3v) is 3.91. The molecule has 1 heterocycles. The fourth-order valence-corrected chi connectivity index (χ4v) is 2.48. The first kappa shape index (κ1) is 13.5. The number of aliphatic carboxylic acids is 1. The lowest BCUT2D eigenvalue weighted by molar-refractivity contribution is -0.143. The van der Waals surface area contributed by atoms with Crippen molar-refractivity contribution < 1.29 is 14.7 Å². The molecule has 0 radical (unpaired) electrons. The van der Waals surface area contributed by atoms with Crippen molar-refractivity contribution in [3.63, 3.8) is 0 Å². The lowest BCUT2D eigenvalue weighted by Gasteiger charge is -2.25. The number of benzene rings is 1. The summed E-state index contributed by atoms with van der Waals surface area (Å²) in [5.41, 5.74) is 6.96. The topological polar surface area (TPSA) is 83.6 Å². The van der Waals surface area contributed by atoms with E-state index in [0.717, 1.165) is 11.3 Å². The van der Waals surface area contributed by atoms with Crippen LogP contribution in [0.1, 0.15) is 24.5 Å². The van der Waals surface area contributed by atoms with Gasteiger partial charge in [-0.2, -0.15) is 0 Å². The summed E-state index contributed by atoms with van der Waals surface area (Å²) in [6.07, 6.45) is 0.697. The highest BCUT2D eigenvalue weighted by atomic mass is 16.4. The van der Waals surface area contributed by atoms with Crippen LogP contribution in [0.5, 0.6) is 0 Å². The van der Waals surface area contributed by atoms with Crippen molar-refractivity contribution in [2.45, 2.75) is 25.2 Å². The summed E-state index contributed by atoms with van der Waals surface area (Å²) < 4.78 is 0. The fraction of sp³-hybridized carbons (Fsp3) is 0.429. The van der Waals surface area contributed by atoms with Crippen molar-refractivity contribution >= 4 is 17.6 Å². The van der Waals surface area contributed by atoms with Gasteiger partial charge in [-0.15, -0.1) is 0 Å². The van der Waals surface area contributed by atoms with Gasteiger partial charge in [-0.05, 0) is 37.1 Å². The van der Waals surface area contributed by atoms with Gasteiger partial charge in [0.2, 0.25) is 5.91 Å². The van der Waals surface area contributed by atoms with Crippen molar-refractivity contribution in [3.8, 4) is 0 Å². The maximum Gasteiger partial charge on any atom is 0.313 e. The number of anilines is 1. The molecule has 1 aliphatic heterocycles. The molecule has 1 amide bonds. The van der Waals surface area contributed by atoms with Gasteiger partial charge in [0.05, 0.1) is 11.8 Å². The molecule has 5 nitrogen and oxygen atoms in total. The molecule has 2 rings (SSSR count). The first-order chi connectivity index (χ1) is 8.90. The second-order valence-electron chi connectivity index (χ2n) is 5.15. The average Bonchev–Trinajstić information content (AvgIpc) is 2.64. The molecule has 0 bridgehead atoms. The van der Waals surface area contributed by atoms with Gasteiger partial charge in [0, 0.05) is 12.7 Å². The third kappa shape index (κ3) is 2.10. The normalized spacial score (nSPS) is 17.2. The Bertz CT molecular complexity index is 541. The second kappa shape index (κ2) is 4.66. The molecule has 5 heteroatoms. The molecule has 0 aliphatic carbocycles. The summed E-state index contributed by atoms with van der Waals surface area (Å²) in [6.45, 7) is 1.98. The molecule has 1 aliphatic rings. The van der Waals surface area contributed by atoms with Gasteiger partial charge in [0.15, 0.2) is 0 Å².